The molecule has 0 aromatic heterocycles. The molecule has 7 nitrogen and oxygen atoms in total. The van der Waals surface area contributed by atoms with E-state index in [2.05, 4.69) is 10.6 Å². The Morgan fingerprint density at radius 1 is 0.833 bits per heavy atom. The topological polar surface area (TPSA) is 87.7 Å². The SMILES string of the molecule is CCCOC(=O)c1ccc(NC(=O)CNc2ccc(C(=O)N(CC)CC)cc2)cc1. The fraction of sp³-hybridized carbons (Fsp3) is 0.348. The molecule has 30 heavy (non-hydrogen) atoms. The van der Waals surface area contributed by atoms with Gasteiger partial charge in [0.15, 0.2) is 0 Å². The molecule has 0 aliphatic rings. The number of benzene rings is 2. The van der Waals surface area contributed by atoms with Crippen molar-refractivity contribution in [3.8, 4) is 0 Å². The van der Waals surface area contributed by atoms with Crippen LogP contribution in [0, 0.1) is 0 Å². The van der Waals surface area contributed by atoms with Gasteiger partial charge in [-0.25, -0.2) is 4.79 Å². The quantitative estimate of drug-likeness (QED) is 0.581. The zero-order chi connectivity index (χ0) is 21.9. The molecule has 7 heteroatoms. The Bertz CT molecular complexity index is 844. The van der Waals surface area contributed by atoms with Crippen LogP contribution in [0.3, 0.4) is 0 Å². The normalized spacial score (nSPS) is 10.2. The molecule has 0 unspecified atom stereocenters. The lowest BCUT2D eigenvalue weighted by molar-refractivity contribution is -0.114. The average molecular weight is 412 g/mol. The van der Waals surface area contributed by atoms with Crippen molar-refractivity contribution in [3.63, 3.8) is 0 Å². The number of rotatable bonds is 10. The van der Waals surface area contributed by atoms with Crippen molar-refractivity contribution in [2.45, 2.75) is 27.2 Å². The number of esters is 1. The minimum absolute atomic E-state index is 0.00804. The molecular weight excluding hydrogens is 382 g/mol. The fourth-order valence-corrected chi connectivity index (χ4v) is 2.78. The second-order valence-electron chi connectivity index (χ2n) is 6.67. The highest BCUT2D eigenvalue weighted by molar-refractivity contribution is 5.96. The molecule has 0 aliphatic heterocycles. The van der Waals surface area contributed by atoms with Crippen LogP contribution in [0.15, 0.2) is 48.5 Å². The van der Waals surface area contributed by atoms with E-state index in [-0.39, 0.29) is 24.3 Å². The highest BCUT2D eigenvalue weighted by Gasteiger charge is 2.12. The van der Waals surface area contributed by atoms with E-state index < -0.39 is 0 Å². The van der Waals surface area contributed by atoms with Crippen LogP contribution in [0.4, 0.5) is 11.4 Å². The standard InChI is InChI=1S/C23H29N3O4/c1-4-15-30-23(29)18-9-13-20(14-10-18)25-21(27)16-24-19-11-7-17(8-12-19)22(28)26(5-2)6-3/h7-14,24H,4-6,15-16H2,1-3H3,(H,25,27). The maximum Gasteiger partial charge on any atom is 0.338 e. The predicted octanol–water partition coefficient (Wildman–Crippen LogP) is 3.79. The monoisotopic (exact) mass is 411 g/mol. The molecule has 0 heterocycles. The van der Waals surface area contributed by atoms with Crippen molar-refractivity contribution in [2.24, 2.45) is 0 Å². The molecule has 2 aromatic rings. The maximum absolute atomic E-state index is 12.3. The molecule has 0 fully saturated rings. The number of ether oxygens (including phenoxy) is 1. The summed E-state index contributed by atoms with van der Waals surface area (Å²) in [6.07, 6.45) is 0.766. The van der Waals surface area contributed by atoms with Crippen LogP contribution >= 0.6 is 0 Å². The van der Waals surface area contributed by atoms with Crippen molar-refractivity contribution in [3.05, 3.63) is 59.7 Å². The lowest BCUT2D eigenvalue weighted by Gasteiger charge is -2.18. The molecule has 2 aromatic carbocycles. The van der Waals surface area contributed by atoms with Crippen molar-refractivity contribution in [1.29, 1.82) is 0 Å². The van der Waals surface area contributed by atoms with Gasteiger partial charge in [-0.2, -0.15) is 0 Å². The van der Waals surface area contributed by atoms with E-state index in [0.29, 0.717) is 36.5 Å². The van der Waals surface area contributed by atoms with Gasteiger partial charge in [0.05, 0.1) is 18.7 Å². The lowest BCUT2D eigenvalue weighted by atomic mass is 10.1. The summed E-state index contributed by atoms with van der Waals surface area (Å²) < 4.78 is 5.07. The number of carbonyl (C=O) groups excluding carboxylic acids is 3. The van der Waals surface area contributed by atoms with E-state index >= 15 is 0 Å². The Morgan fingerprint density at radius 2 is 1.40 bits per heavy atom. The smallest absolute Gasteiger partial charge is 0.338 e. The van der Waals surface area contributed by atoms with Crippen LogP contribution in [0.25, 0.3) is 0 Å². The minimum atomic E-state index is -0.376. The molecule has 0 aliphatic carbocycles. The summed E-state index contributed by atoms with van der Waals surface area (Å²) >= 11 is 0. The highest BCUT2D eigenvalue weighted by Crippen LogP contribution is 2.13. The van der Waals surface area contributed by atoms with Crippen LogP contribution < -0.4 is 10.6 Å². The van der Waals surface area contributed by atoms with Gasteiger partial charge >= 0.3 is 5.97 Å². The Kier molecular flexibility index (Phi) is 8.87. The van der Waals surface area contributed by atoms with Crippen LogP contribution in [0.1, 0.15) is 47.9 Å². The van der Waals surface area contributed by atoms with Gasteiger partial charge in [-0.15, -0.1) is 0 Å². The van der Waals surface area contributed by atoms with Crippen molar-refractivity contribution in [2.75, 3.05) is 36.9 Å². The third-order valence-electron chi connectivity index (χ3n) is 4.48. The second kappa shape index (κ2) is 11.6. The summed E-state index contributed by atoms with van der Waals surface area (Å²) in [5.41, 5.74) is 2.40. The Balaban J connectivity index is 1.84. The molecule has 2 rings (SSSR count). The third kappa shape index (κ3) is 6.62. The Labute approximate surface area is 177 Å². The molecule has 0 spiro atoms. The largest absolute Gasteiger partial charge is 0.462 e. The average Bonchev–Trinajstić information content (AvgIpc) is 2.77. The van der Waals surface area contributed by atoms with E-state index in [0.717, 1.165) is 12.1 Å². The van der Waals surface area contributed by atoms with E-state index in [4.69, 9.17) is 4.74 Å². The van der Waals surface area contributed by atoms with E-state index in [9.17, 15) is 14.4 Å². The van der Waals surface area contributed by atoms with Gasteiger partial charge in [0.2, 0.25) is 5.91 Å². The molecule has 160 valence electrons. The van der Waals surface area contributed by atoms with Gasteiger partial charge in [-0.3, -0.25) is 9.59 Å². The molecule has 2 N–H and O–H groups in total. The first-order valence-electron chi connectivity index (χ1n) is 10.2. The molecule has 0 saturated carbocycles. The summed E-state index contributed by atoms with van der Waals surface area (Å²) in [7, 11) is 0. The number of amides is 2. The predicted molar refractivity (Wildman–Crippen MR) is 118 cm³/mol. The maximum atomic E-state index is 12.3. The van der Waals surface area contributed by atoms with Crippen LogP contribution in [-0.2, 0) is 9.53 Å². The lowest BCUT2D eigenvalue weighted by Crippen LogP contribution is -2.30. The first-order chi connectivity index (χ1) is 14.5. The number of carbonyl (C=O) groups is 3. The second-order valence-corrected chi connectivity index (χ2v) is 6.67. The van der Waals surface area contributed by atoms with Gasteiger partial charge in [-0.1, -0.05) is 6.92 Å². The van der Waals surface area contributed by atoms with Gasteiger partial charge in [0, 0.05) is 30.0 Å². The zero-order valence-corrected chi connectivity index (χ0v) is 17.7. The summed E-state index contributed by atoms with van der Waals surface area (Å²) in [6.45, 7) is 7.60. The van der Waals surface area contributed by atoms with Crippen LogP contribution in [-0.4, -0.2) is 48.9 Å². The number of nitrogens with zero attached hydrogens (tertiary/aromatic N) is 1. The van der Waals surface area contributed by atoms with Gasteiger partial charge in [0.1, 0.15) is 0 Å². The first kappa shape index (κ1) is 22.9. The number of hydrogen-bond acceptors (Lipinski definition) is 5. The fourth-order valence-electron chi connectivity index (χ4n) is 2.78. The van der Waals surface area contributed by atoms with Crippen molar-refractivity contribution < 1.29 is 19.1 Å². The van der Waals surface area contributed by atoms with Gasteiger partial charge in [-0.05, 0) is 68.8 Å². The van der Waals surface area contributed by atoms with Gasteiger partial charge in [0.25, 0.3) is 5.91 Å². The molecular formula is C23H29N3O4. The molecule has 0 saturated heterocycles. The number of anilines is 2. The Morgan fingerprint density at radius 3 is 1.97 bits per heavy atom. The summed E-state index contributed by atoms with van der Waals surface area (Å²) in [5.74, 6) is -0.606. The zero-order valence-electron chi connectivity index (χ0n) is 17.7. The first-order valence-corrected chi connectivity index (χ1v) is 10.2. The van der Waals surface area contributed by atoms with Gasteiger partial charge < -0.3 is 20.3 Å². The Hall–Kier alpha value is -3.35. The van der Waals surface area contributed by atoms with Crippen molar-refractivity contribution >= 4 is 29.2 Å². The number of hydrogen-bond donors (Lipinski definition) is 2. The van der Waals surface area contributed by atoms with Crippen LogP contribution in [0.5, 0.6) is 0 Å². The van der Waals surface area contributed by atoms with Crippen molar-refractivity contribution in [1.82, 2.24) is 4.90 Å². The van der Waals surface area contributed by atoms with E-state index in [1.807, 2.05) is 20.8 Å². The number of nitrogens with one attached hydrogen (secondary N) is 2. The molecule has 0 atom stereocenters. The summed E-state index contributed by atoms with van der Waals surface area (Å²) in [4.78, 5) is 38.0. The summed E-state index contributed by atoms with van der Waals surface area (Å²) in [6, 6.07) is 13.6. The molecule has 0 bridgehead atoms. The minimum Gasteiger partial charge on any atom is -0.462 e. The third-order valence-corrected chi connectivity index (χ3v) is 4.48. The summed E-state index contributed by atoms with van der Waals surface area (Å²) in [5, 5.41) is 5.80. The van der Waals surface area contributed by atoms with E-state index in [1.165, 1.54) is 0 Å². The molecule has 2 amide bonds. The highest BCUT2D eigenvalue weighted by atomic mass is 16.5. The van der Waals surface area contributed by atoms with Crippen LogP contribution in [0.2, 0.25) is 0 Å². The molecule has 0 radical (unpaired) electrons. The van der Waals surface area contributed by atoms with E-state index in [1.54, 1.807) is 53.4 Å².